The van der Waals surface area contributed by atoms with Crippen LogP contribution >= 0.6 is 11.8 Å². The minimum absolute atomic E-state index is 0.0481. The summed E-state index contributed by atoms with van der Waals surface area (Å²) in [5, 5.41) is 10.7. The average Bonchev–Trinajstić information content (AvgIpc) is 3.83. The van der Waals surface area contributed by atoms with Crippen molar-refractivity contribution in [2.45, 2.75) is 50.4 Å². The summed E-state index contributed by atoms with van der Waals surface area (Å²) in [5.74, 6) is 2.75. The summed E-state index contributed by atoms with van der Waals surface area (Å²) in [6.45, 7) is 2.35. The topological polar surface area (TPSA) is 61.9 Å². The second kappa shape index (κ2) is 11.6. The lowest BCUT2D eigenvalue weighted by Crippen LogP contribution is -2.24. The fourth-order valence-corrected chi connectivity index (χ4v) is 8.42. The monoisotopic (exact) mass is 594 g/mol. The van der Waals surface area contributed by atoms with Crippen LogP contribution in [0.1, 0.15) is 54.8 Å². The van der Waals surface area contributed by atoms with Gasteiger partial charge in [0.1, 0.15) is 6.61 Å². The average molecular weight is 595 g/mol. The molecule has 0 aliphatic heterocycles. The molecular formula is C35H35FN4O2S. The van der Waals surface area contributed by atoms with E-state index in [1.165, 1.54) is 43.5 Å². The highest BCUT2D eigenvalue weighted by Gasteiger charge is 2.43. The molecule has 220 valence electrons. The van der Waals surface area contributed by atoms with E-state index in [-0.39, 0.29) is 29.9 Å². The van der Waals surface area contributed by atoms with E-state index >= 15 is 0 Å². The van der Waals surface area contributed by atoms with Crippen molar-refractivity contribution < 1.29 is 13.9 Å². The molecule has 4 atom stereocenters. The number of thioether (sulfide) groups is 1. The lowest BCUT2D eigenvalue weighted by molar-refractivity contribution is 0.102. The Morgan fingerprint density at radius 3 is 2.53 bits per heavy atom. The van der Waals surface area contributed by atoms with Crippen molar-refractivity contribution in [2.24, 2.45) is 24.8 Å². The summed E-state index contributed by atoms with van der Waals surface area (Å²) in [6.07, 6.45) is 5.09. The fraction of sp³-hybridized carbons (Fsp3) is 0.343. The van der Waals surface area contributed by atoms with Gasteiger partial charge in [-0.05, 0) is 67.7 Å². The van der Waals surface area contributed by atoms with Crippen LogP contribution in [0.3, 0.4) is 0 Å². The molecule has 8 heteroatoms. The van der Waals surface area contributed by atoms with Gasteiger partial charge in [0.25, 0.3) is 0 Å². The van der Waals surface area contributed by atoms with Crippen molar-refractivity contribution in [3.05, 3.63) is 96.1 Å². The molecule has 7 rings (SSSR count). The minimum Gasteiger partial charge on any atom is -0.483 e. The first-order valence-electron chi connectivity index (χ1n) is 15.1. The van der Waals surface area contributed by atoms with Crippen LogP contribution in [0.2, 0.25) is 0 Å². The Morgan fingerprint density at radius 2 is 1.77 bits per heavy atom. The molecule has 2 heterocycles. The number of benzene rings is 3. The number of carbonyl (C=O) groups is 1. The molecule has 5 aromatic rings. The maximum Gasteiger partial charge on any atom is 0.192 e. The maximum absolute atomic E-state index is 14.3. The van der Waals surface area contributed by atoms with Gasteiger partial charge in [-0.2, -0.15) is 0 Å². The van der Waals surface area contributed by atoms with Crippen molar-refractivity contribution in [3.63, 3.8) is 0 Å². The number of nitrogens with zero attached hydrogens (tertiary/aromatic N) is 4. The summed E-state index contributed by atoms with van der Waals surface area (Å²) in [6, 6.07) is 24.7. The molecule has 2 saturated carbocycles. The maximum atomic E-state index is 14.3. The van der Waals surface area contributed by atoms with Gasteiger partial charge >= 0.3 is 0 Å². The molecule has 0 unspecified atom stereocenters. The first-order valence-corrected chi connectivity index (χ1v) is 16.1. The summed E-state index contributed by atoms with van der Waals surface area (Å²) < 4.78 is 24.5. The Kier molecular flexibility index (Phi) is 7.55. The quantitative estimate of drug-likeness (QED) is 0.121. The second-order valence-electron chi connectivity index (χ2n) is 11.9. The molecule has 0 amide bonds. The van der Waals surface area contributed by atoms with Crippen LogP contribution < -0.4 is 4.74 Å². The molecular weight excluding hydrogens is 559 g/mol. The highest BCUT2D eigenvalue weighted by atomic mass is 32.2. The van der Waals surface area contributed by atoms with E-state index in [4.69, 9.17) is 4.74 Å². The summed E-state index contributed by atoms with van der Waals surface area (Å²) in [5.41, 5.74) is 3.68. The van der Waals surface area contributed by atoms with Crippen molar-refractivity contribution in [3.8, 4) is 17.0 Å². The number of hydrogen-bond donors (Lipinski definition) is 0. The number of Topliss-reactive ketones (excluding diaryl/α,β-unsaturated/α-hetero) is 1. The molecule has 0 saturated heterocycles. The lowest BCUT2D eigenvalue weighted by atomic mass is 9.84. The number of carbonyl (C=O) groups excluding carboxylic acids is 1. The summed E-state index contributed by atoms with van der Waals surface area (Å²) in [7, 11) is 2.02. The van der Waals surface area contributed by atoms with Crippen LogP contribution in [0, 0.1) is 23.6 Å². The van der Waals surface area contributed by atoms with Gasteiger partial charge < -0.3 is 9.30 Å². The van der Waals surface area contributed by atoms with Gasteiger partial charge in [0, 0.05) is 24.0 Å². The molecule has 2 aliphatic rings. The zero-order valence-corrected chi connectivity index (χ0v) is 25.3. The van der Waals surface area contributed by atoms with Gasteiger partial charge in [0.05, 0.1) is 17.0 Å². The number of halogens is 1. The van der Waals surface area contributed by atoms with E-state index in [1.807, 2.05) is 55.6 Å². The zero-order valence-electron chi connectivity index (χ0n) is 24.4. The molecule has 2 aromatic heterocycles. The Hall–Kier alpha value is -3.91. The first kappa shape index (κ1) is 27.9. The van der Waals surface area contributed by atoms with Crippen LogP contribution in [0.4, 0.5) is 4.39 Å². The van der Waals surface area contributed by atoms with Crippen molar-refractivity contribution in [1.29, 1.82) is 0 Å². The van der Waals surface area contributed by atoms with E-state index in [0.717, 1.165) is 33.6 Å². The van der Waals surface area contributed by atoms with E-state index in [0.29, 0.717) is 22.8 Å². The normalized spacial score (nSPS) is 20.1. The smallest absolute Gasteiger partial charge is 0.192 e. The van der Waals surface area contributed by atoms with Gasteiger partial charge in [-0.3, -0.25) is 9.36 Å². The molecule has 2 bridgehead atoms. The Balaban J connectivity index is 1.19. The van der Waals surface area contributed by atoms with Gasteiger partial charge in [-0.1, -0.05) is 78.8 Å². The number of rotatable bonds is 10. The van der Waals surface area contributed by atoms with Crippen molar-refractivity contribution in [2.75, 3.05) is 5.75 Å². The number of fused-ring (bicyclic) bond motifs is 3. The number of hydrogen-bond acceptors (Lipinski definition) is 5. The highest BCUT2D eigenvalue weighted by Crippen LogP contribution is 2.52. The number of aromatic nitrogens is 4. The Labute approximate surface area is 255 Å². The van der Waals surface area contributed by atoms with Crippen molar-refractivity contribution in [1.82, 2.24) is 19.3 Å². The lowest BCUT2D eigenvalue weighted by Gasteiger charge is -2.30. The van der Waals surface area contributed by atoms with Crippen molar-refractivity contribution >= 4 is 28.4 Å². The molecule has 0 radical (unpaired) electrons. The van der Waals surface area contributed by atoms with Crippen LogP contribution in [0.15, 0.2) is 84.0 Å². The molecule has 43 heavy (non-hydrogen) atoms. The predicted octanol–water partition coefficient (Wildman–Crippen LogP) is 8.13. The summed E-state index contributed by atoms with van der Waals surface area (Å²) >= 11 is 1.43. The van der Waals surface area contributed by atoms with Crippen LogP contribution in [0.5, 0.6) is 5.75 Å². The number of ketones is 1. The summed E-state index contributed by atoms with van der Waals surface area (Å²) in [4.78, 5) is 14.1. The molecule has 0 spiro atoms. The van der Waals surface area contributed by atoms with Crippen LogP contribution in [0.25, 0.3) is 22.2 Å². The molecule has 2 fully saturated rings. The van der Waals surface area contributed by atoms with E-state index < -0.39 is 5.82 Å². The van der Waals surface area contributed by atoms with E-state index in [9.17, 15) is 9.18 Å². The van der Waals surface area contributed by atoms with E-state index in [2.05, 4.69) is 32.3 Å². The third-order valence-corrected chi connectivity index (χ3v) is 10.5. The predicted molar refractivity (Wildman–Crippen MR) is 168 cm³/mol. The molecule has 2 aliphatic carbocycles. The minimum atomic E-state index is -0.404. The first-order chi connectivity index (χ1) is 21.0. The number of ether oxygens (including phenoxy) is 1. The van der Waals surface area contributed by atoms with E-state index in [1.54, 1.807) is 18.2 Å². The SMILES string of the molecule is C[C@@H]([C@@H]1C[C@H]2CC[C@H]1C2)n1c(COc2ccccc2F)nnc1SCC(=O)c1c(-c2ccccc2)n(C)c2ccccc12. The third kappa shape index (κ3) is 5.16. The number of aryl methyl sites for hydroxylation is 1. The molecule has 6 nitrogen and oxygen atoms in total. The standard InChI is InChI=1S/C35H35FN4O2S/c1-22(27-19-23-16-17-25(27)18-23)40-32(20-42-31-15-9-7-13-28(31)36)37-38-35(40)43-21-30(41)33-26-12-6-8-14-29(26)39(2)34(33)24-10-4-3-5-11-24/h3-15,22-23,25,27H,16-21H2,1-2H3/t22-,23-,25-,27-/m0/s1. The van der Waals surface area contributed by atoms with Gasteiger partial charge in [-0.25, -0.2) is 4.39 Å². The van der Waals surface area contributed by atoms with Gasteiger partial charge in [0.15, 0.2) is 28.3 Å². The number of para-hydroxylation sites is 2. The largest absolute Gasteiger partial charge is 0.483 e. The van der Waals surface area contributed by atoms with Crippen LogP contribution in [-0.2, 0) is 13.7 Å². The zero-order chi connectivity index (χ0) is 29.5. The molecule has 0 N–H and O–H groups in total. The van der Waals surface area contributed by atoms with Crippen LogP contribution in [-0.4, -0.2) is 30.9 Å². The molecule has 3 aromatic carbocycles. The second-order valence-corrected chi connectivity index (χ2v) is 12.9. The Morgan fingerprint density at radius 1 is 1.00 bits per heavy atom. The fourth-order valence-electron chi connectivity index (χ4n) is 7.51. The van der Waals surface area contributed by atoms with Gasteiger partial charge in [0.2, 0.25) is 0 Å². The Bertz CT molecular complexity index is 1780. The van der Waals surface area contributed by atoms with Gasteiger partial charge in [-0.15, -0.1) is 10.2 Å². The highest BCUT2D eigenvalue weighted by molar-refractivity contribution is 7.99. The third-order valence-electron chi connectivity index (χ3n) is 9.51.